The van der Waals surface area contributed by atoms with Gasteiger partial charge in [0.15, 0.2) is 16.8 Å². The van der Waals surface area contributed by atoms with Crippen molar-refractivity contribution >= 4 is 29.1 Å². The second kappa shape index (κ2) is 11.7. The first-order chi connectivity index (χ1) is 15.8. The van der Waals surface area contributed by atoms with Crippen LogP contribution in [0.25, 0.3) is 0 Å². The van der Waals surface area contributed by atoms with Gasteiger partial charge in [-0.15, -0.1) is 10.2 Å². The average Bonchev–Trinajstić information content (AvgIpc) is 3.18. The standard InChI is InChI=1S/C25H30N4O3S/c1-17(2)14-15-29-23(16-32-20-10-6-5-7-11-20)27-28-25(29)33-19(4)24(31)26-22-13-9-8-12-21(22)18(3)30/h5-13,17,19H,14-16H2,1-4H3,(H,26,31). The van der Waals surface area contributed by atoms with E-state index in [1.165, 1.54) is 18.7 Å². The van der Waals surface area contributed by atoms with Crippen molar-refractivity contribution in [1.82, 2.24) is 14.8 Å². The number of para-hydroxylation sites is 2. The van der Waals surface area contributed by atoms with Crippen LogP contribution in [0.5, 0.6) is 5.75 Å². The quantitative estimate of drug-likeness (QED) is 0.308. The number of amides is 1. The molecular formula is C25H30N4O3S. The Kier molecular flexibility index (Phi) is 8.65. The van der Waals surface area contributed by atoms with E-state index in [0.29, 0.717) is 28.9 Å². The predicted octanol–water partition coefficient (Wildman–Crippen LogP) is 5.23. The van der Waals surface area contributed by atoms with Gasteiger partial charge >= 0.3 is 0 Å². The lowest BCUT2D eigenvalue weighted by Crippen LogP contribution is -2.24. The van der Waals surface area contributed by atoms with Crippen LogP contribution in [0.15, 0.2) is 59.8 Å². The van der Waals surface area contributed by atoms with E-state index in [-0.39, 0.29) is 11.7 Å². The first kappa shape index (κ1) is 24.5. The Hall–Kier alpha value is -3.13. The molecule has 7 nitrogen and oxygen atoms in total. The smallest absolute Gasteiger partial charge is 0.237 e. The van der Waals surface area contributed by atoms with E-state index in [4.69, 9.17) is 4.74 Å². The van der Waals surface area contributed by atoms with Crippen LogP contribution in [0.3, 0.4) is 0 Å². The topological polar surface area (TPSA) is 86.1 Å². The Bertz CT molecular complexity index is 1080. The zero-order valence-electron chi connectivity index (χ0n) is 19.4. The molecule has 0 saturated carbocycles. The first-order valence-electron chi connectivity index (χ1n) is 11.0. The molecule has 0 fully saturated rings. The Balaban J connectivity index is 1.72. The Morgan fingerprint density at radius 2 is 1.73 bits per heavy atom. The van der Waals surface area contributed by atoms with Gasteiger partial charge in [0.05, 0.1) is 10.9 Å². The predicted molar refractivity (Wildman–Crippen MR) is 131 cm³/mol. The average molecular weight is 467 g/mol. The van der Waals surface area contributed by atoms with Crippen molar-refractivity contribution in [2.75, 3.05) is 5.32 Å². The van der Waals surface area contributed by atoms with Gasteiger partial charge in [-0.05, 0) is 50.5 Å². The molecule has 0 aliphatic rings. The van der Waals surface area contributed by atoms with Crippen LogP contribution in [0, 0.1) is 5.92 Å². The van der Waals surface area contributed by atoms with E-state index in [1.807, 2.05) is 41.8 Å². The maximum atomic E-state index is 12.9. The van der Waals surface area contributed by atoms with Gasteiger partial charge in [-0.25, -0.2) is 0 Å². The SMILES string of the molecule is CC(=O)c1ccccc1NC(=O)C(C)Sc1nnc(COc2ccccc2)n1CCC(C)C. The molecule has 33 heavy (non-hydrogen) atoms. The second-order valence-electron chi connectivity index (χ2n) is 8.19. The molecule has 174 valence electrons. The highest BCUT2D eigenvalue weighted by atomic mass is 32.2. The molecule has 2 aromatic carbocycles. The fourth-order valence-corrected chi connectivity index (χ4v) is 4.03. The van der Waals surface area contributed by atoms with Gasteiger partial charge in [0.1, 0.15) is 12.4 Å². The normalized spacial score (nSPS) is 11.9. The molecule has 0 saturated heterocycles. The Morgan fingerprint density at radius 1 is 1.03 bits per heavy atom. The molecule has 0 bridgehead atoms. The van der Waals surface area contributed by atoms with E-state index in [9.17, 15) is 9.59 Å². The molecule has 0 radical (unpaired) electrons. The van der Waals surface area contributed by atoms with Crippen molar-refractivity contribution in [1.29, 1.82) is 0 Å². The summed E-state index contributed by atoms with van der Waals surface area (Å²) in [6.07, 6.45) is 0.955. The molecule has 0 spiro atoms. The molecule has 8 heteroatoms. The highest BCUT2D eigenvalue weighted by Gasteiger charge is 2.22. The largest absolute Gasteiger partial charge is 0.486 e. The third kappa shape index (κ3) is 6.92. The highest BCUT2D eigenvalue weighted by molar-refractivity contribution is 8.00. The molecule has 0 aliphatic carbocycles. The molecule has 3 aromatic rings. The highest BCUT2D eigenvalue weighted by Crippen LogP contribution is 2.26. The van der Waals surface area contributed by atoms with E-state index in [0.717, 1.165) is 24.5 Å². The minimum absolute atomic E-state index is 0.0947. The third-order valence-corrected chi connectivity index (χ3v) is 6.13. The van der Waals surface area contributed by atoms with Gasteiger partial charge < -0.3 is 14.6 Å². The van der Waals surface area contributed by atoms with Gasteiger partial charge in [0.25, 0.3) is 0 Å². The zero-order valence-corrected chi connectivity index (χ0v) is 20.3. The number of hydrogen-bond donors (Lipinski definition) is 1. The molecular weight excluding hydrogens is 436 g/mol. The van der Waals surface area contributed by atoms with Gasteiger partial charge in [-0.1, -0.05) is 55.9 Å². The number of carbonyl (C=O) groups excluding carboxylic acids is 2. The van der Waals surface area contributed by atoms with E-state index >= 15 is 0 Å². The van der Waals surface area contributed by atoms with Crippen molar-refractivity contribution in [2.24, 2.45) is 5.92 Å². The number of benzene rings is 2. The monoisotopic (exact) mass is 466 g/mol. The molecule has 1 unspecified atom stereocenters. The van der Waals surface area contributed by atoms with Gasteiger partial charge in [0.2, 0.25) is 5.91 Å². The summed E-state index contributed by atoms with van der Waals surface area (Å²) in [6, 6.07) is 16.6. The van der Waals surface area contributed by atoms with Crippen LogP contribution in [-0.4, -0.2) is 31.7 Å². The molecule has 1 amide bonds. The minimum Gasteiger partial charge on any atom is -0.486 e. The molecule has 1 aromatic heterocycles. The molecule has 1 N–H and O–H groups in total. The summed E-state index contributed by atoms with van der Waals surface area (Å²) < 4.78 is 7.90. The maximum Gasteiger partial charge on any atom is 0.237 e. The van der Waals surface area contributed by atoms with Crippen LogP contribution in [0.4, 0.5) is 5.69 Å². The van der Waals surface area contributed by atoms with Crippen LogP contribution in [0.2, 0.25) is 0 Å². The van der Waals surface area contributed by atoms with Crippen LogP contribution in [0.1, 0.15) is 50.3 Å². The lowest BCUT2D eigenvalue weighted by Gasteiger charge is -2.15. The summed E-state index contributed by atoms with van der Waals surface area (Å²) in [7, 11) is 0. The Labute approximate surface area is 198 Å². The van der Waals surface area contributed by atoms with Crippen molar-refractivity contribution < 1.29 is 14.3 Å². The van der Waals surface area contributed by atoms with Crippen molar-refractivity contribution in [3.05, 3.63) is 66.0 Å². The summed E-state index contributed by atoms with van der Waals surface area (Å²) in [6.45, 7) is 8.67. The third-order valence-electron chi connectivity index (χ3n) is 5.05. The van der Waals surface area contributed by atoms with E-state index < -0.39 is 5.25 Å². The summed E-state index contributed by atoms with van der Waals surface area (Å²) in [4.78, 5) is 24.7. The minimum atomic E-state index is -0.435. The number of nitrogens with zero attached hydrogens (tertiary/aromatic N) is 3. The molecule has 1 heterocycles. The molecule has 1 atom stereocenters. The number of aromatic nitrogens is 3. The lowest BCUT2D eigenvalue weighted by atomic mass is 10.1. The fraction of sp³-hybridized carbons (Fsp3) is 0.360. The first-order valence-corrected chi connectivity index (χ1v) is 11.9. The molecule has 3 rings (SSSR count). The number of ether oxygens (including phenoxy) is 1. The Morgan fingerprint density at radius 3 is 2.42 bits per heavy atom. The maximum absolute atomic E-state index is 12.9. The van der Waals surface area contributed by atoms with Crippen molar-refractivity contribution in [3.63, 3.8) is 0 Å². The van der Waals surface area contributed by atoms with Crippen LogP contribution < -0.4 is 10.1 Å². The summed E-state index contributed by atoms with van der Waals surface area (Å²) in [5.74, 6) is 1.70. The number of nitrogens with one attached hydrogen (secondary N) is 1. The number of rotatable bonds is 11. The number of ketones is 1. The van der Waals surface area contributed by atoms with Crippen molar-refractivity contribution in [3.8, 4) is 5.75 Å². The van der Waals surface area contributed by atoms with E-state index in [2.05, 4.69) is 29.4 Å². The van der Waals surface area contributed by atoms with Gasteiger partial charge in [-0.2, -0.15) is 0 Å². The fourth-order valence-electron chi connectivity index (χ4n) is 3.13. The number of Topliss-reactive ketones (excluding diaryl/α,β-unsaturated/α-hetero) is 1. The number of anilines is 1. The van der Waals surface area contributed by atoms with Crippen LogP contribution in [-0.2, 0) is 17.9 Å². The number of carbonyl (C=O) groups is 2. The van der Waals surface area contributed by atoms with Gasteiger partial charge in [-0.3, -0.25) is 9.59 Å². The zero-order chi connectivity index (χ0) is 23.8. The van der Waals surface area contributed by atoms with E-state index in [1.54, 1.807) is 24.3 Å². The van der Waals surface area contributed by atoms with Crippen molar-refractivity contribution in [2.45, 2.75) is 57.7 Å². The second-order valence-corrected chi connectivity index (χ2v) is 9.49. The number of thioether (sulfide) groups is 1. The number of hydrogen-bond acceptors (Lipinski definition) is 6. The summed E-state index contributed by atoms with van der Waals surface area (Å²) in [5, 5.41) is 11.8. The van der Waals surface area contributed by atoms with Gasteiger partial charge in [0, 0.05) is 12.1 Å². The van der Waals surface area contributed by atoms with Crippen LogP contribution >= 0.6 is 11.8 Å². The molecule has 0 aliphatic heterocycles. The summed E-state index contributed by atoms with van der Waals surface area (Å²) in [5.41, 5.74) is 1.00. The summed E-state index contributed by atoms with van der Waals surface area (Å²) >= 11 is 1.34. The lowest BCUT2D eigenvalue weighted by molar-refractivity contribution is -0.115.